The largest absolute Gasteiger partial charge is 0.384 e. The molecule has 0 aliphatic carbocycles. The molecule has 1 aromatic heterocycles. The molecule has 18 heavy (non-hydrogen) atoms. The fourth-order valence-corrected chi connectivity index (χ4v) is 3.41. The van der Waals surface area contributed by atoms with Crippen LogP contribution in [0.5, 0.6) is 0 Å². The molecule has 94 valence electrons. The molecule has 1 aromatic carbocycles. The van der Waals surface area contributed by atoms with Gasteiger partial charge >= 0.3 is 0 Å². The lowest BCUT2D eigenvalue weighted by Crippen LogP contribution is -2.14. The van der Waals surface area contributed by atoms with E-state index >= 15 is 0 Å². The summed E-state index contributed by atoms with van der Waals surface area (Å²) in [5.74, 6) is 0. The molecule has 0 spiro atoms. The van der Waals surface area contributed by atoms with E-state index < -0.39 is 0 Å². The molecular weight excluding hydrogens is 242 g/mol. The first-order valence-corrected chi connectivity index (χ1v) is 7.16. The van der Waals surface area contributed by atoms with Crippen LogP contribution >= 0.6 is 11.8 Å². The average Bonchev–Trinajstić information content (AvgIpc) is 2.68. The molecule has 3 nitrogen and oxygen atoms in total. The Kier molecular flexibility index (Phi) is 3.28. The summed E-state index contributed by atoms with van der Waals surface area (Å²) >= 11 is 1.92. The number of nitrogens with one attached hydrogen (secondary N) is 1. The molecule has 0 fully saturated rings. The van der Waals surface area contributed by atoms with Crippen molar-refractivity contribution in [1.82, 2.24) is 9.78 Å². The Bertz CT molecular complexity index is 508. The Morgan fingerprint density at radius 1 is 1.39 bits per heavy atom. The van der Waals surface area contributed by atoms with E-state index in [4.69, 9.17) is 0 Å². The Hall–Kier alpha value is -1.42. The van der Waals surface area contributed by atoms with Crippen LogP contribution in [-0.2, 0) is 13.5 Å². The third-order valence-electron chi connectivity index (χ3n) is 3.26. The fraction of sp³-hybridized carbons (Fsp3) is 0.357. The lowest BCUT2D eigenvalue weighted by Gasteiger charge is -2.12. The number of anilines is 1. The van der Waals surface area contributed by atoms with E-state index in [1.54, 1.807) is 0 Å². The van der Waals surface area contributed by atoms with E-state index in [0.717, 1.165) is 13.0 Å². The van der Waals surface area contributed by atoms with Gasteiger partial charge in [0.25, 0.3) is 0 Å². The van der Waals surface area contributed by atoms with E-state index in [9.17, 15) is 0 Å². The van der Waals surface area contributed by atoms with Crippen molar-refractivity contribution in [2.24, 2.45) is 7.05 Å². The minimum atomic E-state index is 0.613. The number of thioether (sulfide) groups is 1. The van der Waals surface area contributed by atoms with Gasteiger partial charge in [-0.05, 0) is 24.5 Å². The van der Waals surface area contributed by atoms with Crippen LogP contribution < -0.4 is 5.32 Å². The molecule has 2 heterocycles. The minimum absolute atomic E-state index is 0.613. The number of benzene rings is 1. The third kappa shape index (κ3) is 2.53. The van der Waals surface area contributed by atoms with Crippen molar-refractivity contribution in [1.29, 1.82) is 0 Å². The van der Waals surface area contributed by atoms with Crippen LogP contribution in [0.2, 0.25) is 0 Å². The van der Waals surface area contributed by atoms with Gasteiger partial charge in [-0.3, -0.25) is 4.68 Å². The Balaban J connectivity index is 1.68. The highest BCUT2D eigenvalue weighted by Gasteiger charge is 2.16. The topological polar surface area (TPSA) is 29.9 Å². The smallest absolute Gasteiger partial charge is 0.0625 e. The van der Waals surface area contributed by atoms with Crippen molar-refractivity contribution in [2.45, 2.75) is 23.0 Å². The van der Waals surface area contributed by atoms with Gasteiger partial charge in [-0.25, -0.2) is 0 Å². The molecule has 0 bridgehead atoms. The quantitative estimate of drug-likeness (QED) is 0.899. The highest BCUT2D eigenvalue weighted by Crippen LogP contribution is 2.30. The lowest BCUT2D eigenvalue weighted by molar-refractivity contribution is 0.766. The second-order valence-corrected chi connectivity index (χ2v) is 6.04. The van der Waals surface area contributed by atoms with E-state index in [1.807, 2.05) is 29.7 Å². The van der Waals surface area contributed by atoms with E-state index in [-0.39, 0.29) is 0 Å². The van der Waals surface area contributed by atoms with Crippen LogP contribution in [0.15, 0.2) is 41.6 Å². The summed E-state index contributed by atoms with van der Waals surface area (Å²) in [6.45, 7) is 1.02. The van der Waals surface area contributed by atoms with Gasteiger partial charge in [0.2, 0.25) is 0 Å². The average molecular weight is 259 g/mol. The molecule has 1 aliphatic rings. The number of fused-ring (bicyclic) bond motifs is 1. The number of aryl methyl sites for hydroxylation is 2. The first-order chi connectivity index (χ1) is 8.81. The first kappa shape index (κ1) is 11.7. The number of aromatic nitrogens is 2. The molecule has 1 N–H and O–H groups in total. The van der Waals surface area contributed by atoms with Gasteiger partial charge in [-0.1, -0.05) is 18.2 Å². The van der Waals surface area contributed by atoms with Crippen LogP contribution in [0.4, 0.5) is 5.69 Å². The number of rotatable bonds is 2. The summed E-state index contributed by atoms with van der Waals surface area (Å²) in [6, 6.07) is 8.61. The molecule has 0 saturated carbocycles. The predicted octanol–water partition coefficient (Wildman–Crippen LogP) is 2.94. The highest BCUT2D eigenvalue weighted by atomic mass is 32.2. The maximum absolute atomic E-state index is 4.22. The van der Waals surface area contributed by atoms with Crippen molar-refractivity contribution < 1.29 is 0 Å². The third-order valence-corrected chi connectivity index (χ3v) is 4.48. The zero-order valence-corrected chi connectivity index (χ0v) is 11.3. The number of nitrogens with zero attached hydrogens (tertiary/aromatic N) is 2. The standard InChI is InChI=1S/C14H17N3S/c1-17-10-13(9-16-17)18-12-7-6-11-4-2-3-5-14(11)15-8-12/h2-5,9-10,12,15H,6-8H2,1H3. The van der Waals surface area contributed by atoms with Crippen LogP contribution in [0.3, 0.4) is 0 Å². The fourth-order valence-electron chi connectivity index (χ4n) is 2.31. The van der Waals surface area contributed by atoms with Crippen molar-refractivity contribution in [2.75, 3.05) is 11.9 Å². The molecule has 1 aliphatic heterocycles. The summed E-state index contributed by atoms with van der Waals surface area (Å²) < 4.78 is 1.86. The van der Waals surface area contributed by atoms with Gasteiger partial charge in [-0.2, -0.15) is 5.10 Å². The van der Waals surface area contributed by atoms with Crippen LogP contribution in [-0.4, -0.2) is 21.6 Å². The van der Waals surface area contributed by atoms with E-state index in [0.29, 0.717) is 5.25 Å². The van der Waals surface area contributed by atoms with Crippen molar-refractivity contribution in [3.8, 4) is 0 Å². The van der Waals surface area contributed by atoms with Crippen LogP contribution in [0, 0.1) is 0 Å². The molecule has 2 aromatic rings. The highest BCUT2D eigenvalue weighted by molar-refractivity contribution is 8.00. The normalized spacial score (nSPS) is 18.8. The monoisotopic (exact) mass is 259 g/mol. The SMILES string of the molecule is Cn1cc(SC2CCc3ccccc3NC2)cn1. The Morgan fingerprint density at radius 3 is 3.11 bits per heavy atom. The number of para-hydroxylation sites is 1. The maximum atomic E-state index is 4.22. The summed E-state index contributed by atoms with van der Waals surface area (Å²) in [6.07, 6.45) is 6.40. The summed E-state index contributed by atoms with van der Waals surface area (Å²) in [5.41, 5.74) is 2.73. The van der Waals surface area contributed by atoms with Gasteiger partial charge < -0.3 is 5.32 Å². The molecular formula is C14H17N3S. The molecule has 0 radical (unpaired) electrons. The molecule has 0 saturated heterocycles. The van der Waals surface area contributed by atoms with E-state index in [2.05, 4.69) is 40.9 Å². The summed E-state index contributed by atoms with van der Waals surface area (Å²) in [4.78, 5) is 1.26. The molecule has 1 atom stereocenters. The van der Waals surface area contributed by atoms with Gasteiger partial charge in [-0.15, -0.1) is 11.8 Å². The van der Waals surface area contributed by atoms with Gasteiger partial charge in [0.05, 0.1) is 6.20 Å². The molecule has 4 heteroatoms. The van der Waals surface area contributed by atoms with Crippen LogP contribution in [0.1, 0.15) is 12.0 Å². The second-order valence-electron chi connectivity index (χ2n) is 4.67. The van der Waals surface area contributed by atoms with Crippen molar-refractivity contribution in [3.05, 3.63) is 42.2 Å². The van der Waals surface area contributed by atoms with Crippen molar-refractivity contribution in [3.63, 3.8) is 0 Å². The maximum Gasteiger partial charge on any atom is 0.0625 e. The Morgan fingerprint density at radius 2 is 2.28 bits per heavy atom. The van der Waals surface area contributed by atoms with Crippen molar-refractivity contribution >= 4 is 17.4 Å². The zero-order chi connectivity index (χ0) is 12.4. The number of hydrogen-bond acceptors (Lipinski definition) is 3. The summed E-state index contributed by atoms with van der Waals surface area (Å²) in [7, 11) is 1.96. The van der Waals surface area contributed by atoms with Gasteiger partial charge in [0.1, 0.15) is 0 Å². The number of hydrogen-bond donors (Lipinski definition) is 1. The molecule has 1 unspecified atom stereocenters. The predicted molar refractivity (Wildman–Crippen MR) is 76.1 cm³/mol. The van der Waals surface area contributed by atoms with Gasteiger partial charge in [0, 0.05) is 35.6 Å². The first-order valence-electron chi connectivity index (χ1n) is 6.28. The van der Waals surface area contributed by atoms with E-state index in [1.165, 1.54) is 22.6 Å². The molecule has 0 amide bonds. The zero-order valence-electron chi connectivity index (χ0n) is 10.5. The Labute approximate surface area is 112 Å². The minimum Gasteiger partial charge on any atom is -0.384 e. The second kappa shape index (κ2) is 5.06. The van der Waals surface area contributed by atoms with Gasteiger partial charge in [0.15, 0.2) is 0 Å². The molecule has 3 rings (SSSR count). The summed E-state index contributed by atoms with van der Waals surface area (Å²) in [5, 5.41) is 8.39. The van der Waals surface area contributed by atoms with Crippen LogP contribution in [0.25, 0.3) is 0 Å². The lowest BCUT2D eigenvalue weighted by atomic mass is 10.1.